The summed E-state index contributed by atoms with van der Waals surface area (Å²) in [6.45, 7) is 1.83. The maximum Gasteiger partial charge on any atom is 0.337 e. The number of benzene rings is 1. The molecule has 0 N–H and O–H groups in total. The van der Waals surface area contributed by atoms with Gasteiger partial charge in [0.1, 0.15) is 11.5 Å². The van der Waals surface area contributed by atoms with Gasteiger partial charge in [0.25, 0.3) is 0 Å². The third-order valence-corrected chi connectivity index (χ3v) is 2.23. The van der Waals surface area contributed by atoms with Crippen LogP contribution in [0.4, 0.5) is 0 Å². The molecule has 0 bridgehead atoms. The van der Waals surface area contributed by atoms with Gasteiger partial charge in [-0.15, -0.1) is 0 Å². The van der Waals surface area contributed by atoms with Crippen LogP contribution >= 0.6 is 0 Å². The van der Waals surface area contributed by atoms with Gasteiger partial charge in [0.05, 0.1) is 12.7 Å². The van der Waals surface area contributed by atoms with Crippen LogP contribution in [0, 0.1) is 6.92 Å². The molecular weight excluding hydrogens is 206 g/mol. The van der Waals surface area contributed by atoms with E-state index in [0.717, 1.165) is 17.0 Å². The maximum atomic E-state index is 11.2. The van der Waals surface area contributed by atoms with Crippen LogP contribution in [-0.2, 0) is 4.74 Å². The van der Waals surface area contributed by atoms with Crippen molar-refractivity contribution in [2.75, 3.05) is 7.11 Å². The van der Waals surface area contributed by atoms with Crippen molar-refractivity contribution in [2.24, 2.45) is 0 Å². The molecule has 0 saturated heterocycles. The maximum absolute atomic E-state index is 11.2. The predicted octanol–water partition coefficient (Wildman–Crippen LogP) is 2.44. The fourth-order valence-corrected chi connectivity index (χ4v) is 1.40. The predicted molar refractivity (Wildman–Crippen MR) is 58.0 cm³/mol. The first-order valence-corrected chi connectivity index (χ1v) is 4.83. The van der Waals surface area contributed by atoms with Gasteiger partial charge >= 0.3 is 5.97 Å². The standard InChI is InChI=1S/C12H11NO3/c1-8-7-11(13-16-8)9-3-5-10(6-4-9)12(14)15-2/h3-7H,1-2H3. The molecule has 1 aromatic heterocycles. The minimum absolute atomic E-state index is 0.345. The van der Waals surface area contributed by atoms with E-state index in [0.29, 0.717) is 5.56 Å². The molecule has 0 amide bonds. The quantitative estimate of drug-likeness (QED) is 0.725. The number of aryl methyl sites for hydroxylation is 1. The second-order valence-electron chi connectivity index (χ2n) is 3.39. The molecule has 1 aromatic carbocycles. The molecule has 0 fully saturated rings. The first kappa shape index (κ1) is 10.4. The average molecular weight is 217 g/mol. The summed E-state index contributed by atoms with van der Waals surface area (Å²) in [7, 11) is 1.36. The van der Waals surface area contributed by atoms with Crippen molar-refractivity contribution < 1.29 is 14.1 Å². The number of methoxy groups -OCH3 is 1. The molecule has 0 atom stereocenters. The van der Waals surface area contributed by atoms with Gasteiger partial charge in [0.2, 0.25) is 0 Å². The molecule has 2 aromatic rings. The van der Waals surface area contributed by atoms with Crippen molar-refractivity contribution >= 4 is 5.97 Å². The minimum atomic E-state index is -0.345. The van der Waals surface area contributed by atoms with E-state index in [4.69, 9.17) is 4.52 Å². The lowest BCUT2D eigenvalue weighted by Crippen LogP contribution is -2.00. The van der Waals surface area contributed by atoms with E-state index in [-0.39, 0.29) is 5.97 Å². The first-order valence-electron chi connectivity index (χ1n) is 4.83. The summed E-state index contributed by atoms with van der Waals surface area (Å²) in [5.41, 5.74) is 2.19. The molecule has 0 aliphatic heterocycles. The van der Waals surface area contributed by atoms with Crippen molar-refractivity contribution in [2.45, 2.75) is 6.92 Å². The minimum Gasteiger partial charge on any atom is -0.465 e. The molecule has 4 heteroatoms. The molecule has 4 nitrogen and oxygen atoms in total. The van der Waals surface area contributed by atoms with Gasteiger partial charge in [-0.05, 0) is 19.1 Å². The van der Waals surface area contributed by atoms with Crippen LogP contribution in [0.25, 0.3) is 11.3 Å². The van der Waals surface area contributed by atoms with Crippen molar-refractivity contribution in [1.29, 1.82) is 0 Å². The number of rotatable bonds is 2. The van der Waals surface area contributed by atoms with Gasteiger partial charge < -0.3 is 9.26 Å². The summed E-state index contributed by atoms with van der Waals surface area (Å²) in [6.07, 6.45) is 0. The Labute approximate surface area is 92.8 Å². The van der Waals surface area contributed by atoms with Crippen molar-refractivity contribution in [1.82, 2.24) is 5.16 Å². The number of hydrogen-bond acceptors (Lipinski definition) is 4. The molecule has 1 heterocycles. The van der Waals surface area contributed by atoms with Gasteiger partial charge in [-0.2, -0.15) is 0 Å². The van der Waals surface area contributed by atoms with Crippen molar-refractivity contribution in [3.05, 3.63) is 41.7 Å². The Morgan fingerprint density at radius 1 is 1.31 bits per heavy atom. The molecule has 0 radical (unpaired) electrons. The van der Waals surface area contributed by atoms with Crippen molar-refractivity contribution in [3.63, 3.8) is 0 Å². The summed E-state index contributed by atoms with van der Waals surface area (Å²) >= 11 is 0. The summed E-state index contributed by atoms with van der Waals surface area (Å²) < 4.78 is 9.59. The van der Waals surface area contributed by atoms with E-state index in [1.165, 1.54) is 7.11 Å². The van der Waals surface area contributed by atoms with Crippen LogP contribution in [0.15, 0.2) is 34.9 Å². The van der Waals surface area contributed by atoms with Gasteiger partial charge in [-0.1, -0.05) is 17.3 Å². The monoisotopic (exact) mass is 217 g/mol. The molecule has 0 spiro atoms. The van der Waals surface area contributed by atoms with Gasteiger partial charge in [-0.25, -0.2) is 4.79 Å². The Morgan fingerprint density at radius 3 is 2.50 bits per heavy atom. The molecule has 0 unspecified atom stereocenters. The Bertz CT molecular complexity index is 499. The number of carbonyl (C=O) groups excluding carboxylic acids is 1. The van der Waals surface area contributed by atoms with Gasteiger partial charge in [-0.3, -0.25) is 0 Å². The van der Waals surface area contributed by atoms with Crippen molar-refractivity contribution in [3.8, 4) is 11.3 Å². The molecule has 0 saturated carbocycles. The zero-order valence-corrected chi connectivity index (χ0v) is 9.06. The highest BCUT2D eigenvalue weighted by atomic mass is 16.5. The van der Waals surface area contributed by atoms with Crippen LogP contribution in [-0.4, -0.2) is 18.2 Å². The molecule has 82 valence electrons. The third kappa shape index (κ3) is 1.95. The number of hydrogen-bond donors (Lipinski definition) is 0. The normalized spacial score (nSPS) is 10.1. The van der Waals surface area contributed by atoms with Crippen LogP contribution < -0.4 is 0 Å². The van der Waals surface area contributed by atoms with Gasteiger partial charge in [0, 0.05) is 11.6 Å². The summed E-state index contributed by atoms with van der Waals surface area (Å²) in [5, 5.41) is 3.89. The lowest BCUT2D eigenvalue weighted by Gasteiger charge is -1.99. The highest BCUT2D eigenvalue weighted by molar-refractivity contribution is 5.89. The van der Waals surface area contributed by atoms with E-state index >= 15 is 0 Å². The van der Waals surface area contributed by atoms with E-state index in [2.05, 4.69) is 9.89 Å². The van der Waals surface area contributed by atoms with E-state index in [1.54, 1.807) is 12.1 Å². The van der Waals surface area contributed by atoms with Crippen LogP contribution in [0.3, 0.4) is 0 Å². The van der Waals surface area contributed by atoms with E-state index in [9.17, 15) is 4.79 Å². The fourth-order valence-electron chi connectivity index (χ4n) is 1.40. The Morgan fingerprint density at radius 2 is 2.00 bits per heavy atom. The lowest BCUT2D eigenvalue weighted by molar-refractivity contribution is 0.0601. The van der Waals surface area contributed by atoms with Crippen LogP contribution in [0.1, 0.15) is 16.1 Å². The number of aromatic nitrogens is 1. The van der Waals surface area contributed by atoms with Crippen LogP contribution in [0.5, 0.6) is 0 Å². The Balaban J connectivity index is 2.29. The number of carbonyl (C=O) groups is 1. The highest BCUT2D eigenvalue weighted by Gasteiger charge is 2.07. The van der Waals surface area contributed by atoms with E-state index < -0.39 is 0 Å². The van der Waals surface area contributed by atoms with Crippen LogP contribution in [0.2, 0.25) is 0 Å². The second-order valence-corrected chi connectivity index (χ2v) is 3.39. The van der Waals surface area contributed by atoms with E-state index in [1.807, 2.05) is 25.1 Å². The smallest absolute Gasteiger partial charge is 0.337 e. The second kappa shape index (κ2) is 4.18. The third-order valence-electron chi connectivity index (χ3n) is 2.23. The molecule has 2 rings (SSSR count). The lowest BCUT2D eigenvalue weighted by atomic mass is 10.1. The summed E-state index contributed by atoms with van der Waals surface area (Å²) in [5.74, 6) is 0.412. The number of nitrogens with zero attached hydrogens (tertiary/aromatic N) is 1. The Hall–Kier alpha value is -2.10. The molecule has 0 aliphatic carbocycles. The molecular formula is C12H11NO3. The number of esters is 1. The number of ether oxygens (including phenoxy) is 1. The van der Waals surface area contributed by atoms with Gasteiger partial charge in [0.15, 0.2) is 0 Å². The SMILES string of the molecule is COC(=O)c1ccc(-c2cc(C)on2)cc1. The molecule has 16 heavy (non-hydrogen) atoms. The largest absolute Gasteiger partial charge is 0.465 e. The average Bonchev–Trinajstić information content (AvgIpc) is 2.75. The Kier molecular flexibility index (Phi) is 2.72. The fraction of sp³-hybridized carbons (Fsp3) is 0.167. The zero-order valence-electron chi connectivity index (χ0n) is 9.06. The zero-order chi connectivity index (χ0) is 11.5. The highest BCUT2D eigenvalue weighted by Crippen LogP contribution is 2.19. The summed E-state index contributed by atoms with van der Waals surface area (Å²) in [4.78, 5) is 11.2. The molecule has 0 aliphatic rings. The summed E-state index contributed by atoms with van der Waals surface area (Å²) in [6, 6.07) is 8.86. The first-order chi connectivity index (χ1) is 7.70. The topological polar surface area (TPSA) is 52.3 Å².